The Hall–Kier alpha value is -9.76. The van der Waals surface area contributed by atoms with E-state index in [1.165, 1.54) is 72.3 Å². The highest BCUT2D eigenvalue weighted by Crippen LogP contribution is 2.64. The summed E-state index contributed by atoms with van der Waals surface area (Å²) < 4.78 is 6.48. The zero-order valence-corrected chi connectivity index (χ0v) is 41.6. The van der Waals surface area contributed by atoms with Crippen LogP contribution in [-0.2, 0) is 10.8 Å². The van der Waals surface area contributed by atoms with Crippen molar-refractivity contribution in [2.45, 2.75) is 10.8 Å². The number of hydrogen-bond acceptors (Lipinski definition) is 2. The summed E-state index contributed by atoms with van der Waals surface area (Å²) in [5.74, 6) is 0. The highest BCUT2D eigenvalue weighted by atomic mass is 16.3. The van der Waals surface area contributed by atoms with Crippen molar-refractivity contribution < 1.29 is 4.42 Å². The Morgan fingerprint density at radius 3 is 1.25 bits per heavy atom. The van der Waals surface area contributed by atoms with Crippen LogP contribution < -0.4 is 4.90 Å². The minimum Gasteiger partial charge on any atom is -0.455 e. The first-order valence-corrected chi connectivity index (χ1v) is 26.3. The SMILES string of the molecule is c1ccc(-c2ccc(N(c3ccc(-c4ccc5c(c4)-c4ccccc4C54c5ccccc5C(c5ccccc5)(c5ccccc5)c5ccccc54)cc3)c3ccc(-c4cccc5c4oc4ccccc45)cc3)cc2)cc1. The molecule has 0 radical (unpaired) electrons. The molecule has 0 fully saturated rings. The molecule has 0 N–H and O–H groups in total. The average molecular weight is 968 g/mol. The second-order valence-corrected chi connectivity index (χ2v) is 20.3. The number of fused-ring (bicyclic) bond motifs is 12. The normalized spacial score (nSPS) is 13.5. The molecule has 1 heterocycles. The van der Waals surface area contributed by atoms with Crippen LogP contribution in [0.3, 0.4) is 0 Å². The van der Waals surface area contributed by atoms with Gasteiger partial charge in [0.05, 0.1) is 10.8 Å². The number of benzene rings is 12. The van der Waals surface area contributed by atoms with E-state index in [4.69, 9.17) is 4.42 Å². The van der Waals surface area contributed by atoms with Crippen molar-refractivity contribution in [1.82, 2.24) is 0 Å². The van der Waals surface area contributed by atoms with E-state index in [2.05, 4.69) is 290 Å². The van der Waals surface area contributed by atoms with E-state index >= 15 is 0 Å². The van der Waals surface area contributed by atoms with Gasteiger partial charge in [-0.25, -0.2) is 0 Å². The lowest BCUT2D eigenvalue weighted by Crippen LogP contribution is -2.44. The second kappa shape index (κ2) is 17.4. The summed E-state index contributed by atoms with van der Waals surface area (Å²) in [6.07, 6.45) is 0. The van der Waals surface area contributed by atoms with E-state index < -0.39 is 10.8 Å². The van der Waals surface area contributed by atoms with Crippen LogP contribution in [0, 0.1) is 0 Å². The molecule has 0 atom stereocenters. The molecule has 0 amide bonds. The summed E-state index contributed by atoms with van der Waals surface area (Å²) in [6, 6.07) is 109. The number of hydrogen-bond donors (Lipinski definition) is 0. The zero-order valence-electron chi connectivity index (χ0n) is 41.6. The van der Waals surface area contributed by atoms with E-state index in [0.29, 0.717) is 0 Å². The van der Waals surface area contributed by atoms with Crippen LogP contribution in [0.5, 0.6) is 0 Å². The van der Waals surface area contributed by atoms with Gasteiger partial charge in [-0.3, -0.25) is 0 Å². The van der Waals surface area contributed by atoms with Crippen LogP contribution in [0.25, 0.3) is 66.4 Å². The molecule has 2 nitrogen and oxygen atoms in total. The fraction of sp³-hybridized carbons (Fsp3) is 0.0270. The van der Waals surface area contributed by atoms with Gasteiger partial charge in [-0.2, -0.15) is 0 Å². The smallest absolute Gasteiger partial charge is 0.143 e. The Morgan fingerprint density at radius 2 is 0.658 bits per heavy atom. The van der Waals surface area contributed by atoms with Gasteiger partial charge >= 0.3 is 0 Å². The molecule has 0 saturated heterocycles. The summed E-state index contributed by atoms with van der Waals surface area (Å²) >= 11 is 0. The Labute approximate surface area is 443 Å². The third kappa shape index (κ3) is 6.47. The average Bonchev–Trinajstić information content (AvgIpc) is 4.16. The maximum atomic E-state index is 6.48. The molecule has 2 heteroatoms. The summed E-state index contributed by atoms with van der Waals surface area (Å²) in [6.45, 7) is 0. The van der Waals surface area contributed by atoms with E-state index in [0.717, 1.165) is 55.7 Å². The van der Waals surface area contributed by atoms with Crippen molar-refractivity contribution in [3.63, 3.8) is 0 Å². The molecule has 0 aliphatic heterocycles. The molecular weight excluding hydrogens is 919 g/mol. The van der Waals surface area contributed by atoms with E-state index in [-0.39, 0.29) is 0 Å². The maximum Gasteiger partial charge on any atom is 0.143 e. The number of para-hydroxylation sites is 2. The monoisotopic (exact) mass is 967 g/mol. The zero-order chi connectivity index (χ0) is 50.2. The molecule has 2 aliphatic rings. The van der Waals surface area contributed by atoms with E-state index in [9.17, 15) is 0 Å². The van der Waals surface area contributed by atoms with Crippen molar-refractivity contribution in [3.05, 3.63) is 342 Å². The molecular formula is C74H49NO. The van der Waals surface area contributed by atoms with Gasteiger partial charge in [-0.1, -0.05) is 249 Å². The van der Waals surface area contributed by atoms with Crippen LogP contribution in [0.1, 0.15) is 44.5 Å². The van der Waals surface area contributed by atoms with Gasteiger partial charge in [0, 0.05) is 33.4 Å². The summed E-state index contributed by atoms with van der Waals surface area (Å²) in [4.78, 5) is 2.36. The lowest BCUT2D eigenvalue weighted by Gasteiger charge is -2.50. The largest absolute Gasteiger partial charge is 0.455 e. The Balaban J connectivity index is 0.846. The first kappa shape index (κ1) is 43.8. The van der Waals surface area contributed by atoms with Crippen molar-refractivity contribution in [3.8, 4) is 44.5 Å². The van der Waals surface area contributed by atoms with Crippen molar-refractivity contribution in [2.75, 3.05) is 4.90 Å². The molecule has 1 spiro atoms. The van der Waals surface area contributed by atoms with Gasteiger partial charge in [0.1, 0.15) is 11.2 Å². The molecule has 12 aromatic carbocycles. The minimum absolute atomic E-state index is 0.537. The molecule has 1 aromatic heterocycles. The van der Waals surface area contributed by atoms with Crippen LogP contribution in [-0.4, -0.2) is 0 Å². The van der Waals surface area contributed by atoms with Crippen LogP contribution in [0.15, 0.2) is 302 Å². The third-order valence-corrected chi connectivity index (χ3v) is 16.5. The topological polar surface area (TPSA) is 16.4 Å². The summed E-state index contributed by atoms with van der Waals surface area (Å²) in [5, 5.41) is 2.26. The Kier molecular flexibility index (Phi) is 10.0. The first-order valence-electron chi connectivity index (χ1n) is 26.3. The third-order valence-electron chi connectivity index (χ3n) is 16.5. The molecule has 0 bridgehead atoms. The van der Waals surface area contributed by atoms with E-state index in [1.54, 1.807) is 0 Å². The molecule has 2 aliphatic carbocycles. The van der Waals surface area contributed by atoms with Gasteiger partial charge in [0.15, 0.2) is 0 Å². The van der Waals surface area contributed by atoms with Gasteiger partial charge in [0.25, 0.3) is 0 Å². The molecule has 0 unspecified atom stereocenters. The van der Waals surface area contributed by atoms with Gasteiger partial charge in [0.2, 0.25) is 0 Å². The lowest BCUT2D eigenvalue weighted by atomic mass is 9.51. The number of furan rings is 1. The highest BCUT2D eigenvalue weighted by Gasteiger charge is 2.56. The number of rotatable bonds is 8. The quantitative estimate of drug-likeness (QED) is 0.151. The maximum absolute atomic E-state index is 6.48. The second-order valence-electron chi connectivity index (χ2n) is 20.3. The van der Waals surface area contributed by atoms with Crippen LogP contribution >= 0.6 is 0 Å². The minimum atomic E-state index is -0.542. The first-order chi connectivity index (χ1) is 37.7. The van der Waals surface area contributed by atoms with E-state index in [1.807, 2.05) is 12.1 Å². The Bertz CT molecular complexity index is 4220. The standard InChI is InChI=1S/C74H49NO/c1-4-19-50(20-5-1)51-35-42-57(43-36-51)75(59-46-39-53(40-47-59)60-27-18-28-63-62-26-11-17-34-71(62)76-72(60)63)58-44-37-52(38-45-58)54-41-48-66-64(49-54)61-25-10-12-29-65(61)74(66)69-32-15-13-30-67(69)73(55-21-6-2-7-22-55,56-23-8-3-9-24-56)68-31-14-16-33-70(68)74/h1-49H. The molecule has 76 heavy (non-hydrogen) atoms. The van der Waals surface area contributed by atoms with Crippen LogP contribution in [0.4, 0.5) is 17.1 Å². The number of nitrogens with zero attached hydrogens (tertiary/aromatic N) is 1. The highest BCUT2D eigenvalue weighted by molar-refractivity contribution is 6.09. The summed E-state index contributed by atoms with van der Waals surface area (Å²) in [7, 11) is 0. The summed E-state index contributed by atoms with van der Waals surface area (Å²) in [5.41, 5.74) is 23.8. The molecule has 0 saturated carbocycles. The Morgan fingerprint density at radius 1 is 0.250 bits per heavy atom. The van der Waals surface area contributed by atoms with Crippen molar-refractivity contribution in [2.24, 2.45) is 0 Å². The lowest BCUT2D eigenvalue weighted by molar-refractivity contribution is 0.623. The predicted molar refractivity (Wildman–Crippen MR) is 314 cm³/mol. The van der Waals surface area contributed by atoms with Crippen molar-refractivity contribution in [1.29, 1.82) is 0 Å². The fourth-order valence-electron chi connectivity index (χ4n) is 13.2. The number of anilines is 3. The predicted octanol–water partition coefficient (Wildman–Crippen LogP) is 19.1. The molecule has 15 rings (SSSR count). The molecule has 356 valence electrons. The van der Waals surface area contributed by atoms with Gasteiger partial charge < -0.3 is 9.32 Å². The van der Waals surface area contributed by atoms with Crippen LogP contribution in [0.2, 0.25) is 0 Å². The molecule has 13 aromatic rings. The van der Waals surface area contributed by atoms with Gasteiger partial charge in [-0.05, 0) is 132 Å². The van der Waals surface area contributed by atoms with Gasteiger partial charge in [-0.15, -0.1) is 0 Å². The van der Waals surface area contributed by atoms with Crippen molar-refractivity contribution >= 4 is 39.0 Å². The fourth-order valence-corrected chi connectivity index (χ4v) is 13.2.